The quantitative estimate of drug-likeness (QED) is 0.838. The largest absolute Gasteiger partial charge is 0.359 e. The van der Waals surface area contributed by atoms with Gasteiger partial charge in [-0.2, -0.15) is 0 Å². The van der Waals surface area contributed by atoms with Crippen molar-refractivity contribution in [2.45, 2.75) is 33.1 Å². The molecule has 3 rings (SSSR count). The molecule has 0 saturated carbocycles. The van der Waals surface area contributed by atoms with Gasteiger partial charge in [-0.15, -0.1) is 0 Å². The van der Waals surface area contributed by atoms with E-state index in [1.807, 2.05) is 43.0 Å². The van der Waals surface area contributed by atoms with Crippen molar-refractivity contribution in [3.63, 3.8) is 0 Å². The summed E-state index contributed by atoms with van der Waals surface area (Å²) in [6, 6.07) is 12.2. The Morgan fingerprint density at radius 2 is 1.89 bits per heavy atom. The molecule has 5 nitrogen and oxygen atoms in total. The first-order valence-corrected chi connectivity index (χ1v) is 9.93. The number of rotatable bonds is 6. The maximum atomic E-state index is 12.9. The van der Waals surface area contributed by atoms with Crippen molar-refractivity contribution in [1.82, 2.24) is 15.2 Å². The van der Waals surface area contributed by atoms with E-state index in [9.17, 15) is 9.59 Å². The molecule has 0 bridgehead atoms. The van der Waals surface area contributed by atoms with Crippen molar-refractivity contribution in [3.8, 4) is 11.1 Å². The average molecular weight is 380 g/mol. The normalized spacial score (nSPS) is 19.1. The predicted molar refractivity (Wildman–Crippen MR) is 111 cm³/mol. The number of nitrogens with one attached hydrogen (secondary N) is 1. The van der Waals surface area contributed by atoms with E-state index in [1.165, 1.54) is 0 Å². The van der Waals surface area contributed by atoms with E-state index in [-0.39, 0.29) is 11.8 Å². The second-order valence-corrected chi connectivity index (χ2v) is 8.09. The molecule has 0 spiro atoms. The first-order valence-electron chi connectivity index (χ1n) is 9.93. The average Bonchev–Trinajstić information content (AvgIpc) is 3.13. The molecule has 2 heterocycles. The van der Waals surface area contributed by atoms with Crippen molar-refractivity contribution in [1.29, 1.82) is 0 Å². The van der Waals surface area contributed by atoms with Crippen LogP contribution in [0.2, 0.25) is 0 Å². The van der Waals surface area contributed by atoms with Crippen LogP contribution in [0, 0.1) is 11.3 Å². The molecule has 2 aromatic rings. The summed E-state index contributed by atoms with van der Waals surface area (Å²) < 4.78 is 0. The molecule has 2 amide bonds. The van der Waals surface area contributed by atoms with Gasteiger partial charge >= 0.3 is 0 Å². The Kier molecular flexibility index (Phi) is 6.12. The minimum Gasteiger partial charge on any atom is -0.359 e. The number of carbonyl (C=O) groups excluding carboxylic acids is 2. The molecule has 1 aromatic heterocycles. The zero-order chi connectivity index (χ0) is 20.1. The first kappa shape index (κ1) is 20.1. The van der Waals surface area contributed by atoms with E-state index < -0.39 is 5.41 Å². The van der Waals surface area contributed by atoms with E-state index in [4.69, 9.17) is 0 Å². The molecule has 1 aliphatic heterocycles. The second-order valence-electron chi connectivity index (χ2n) is 8.09. The topological polar surface area (TPSA) is 62.3 Å². The SMILES string of the molecule is CNC(=O)C1(Cc2ccccc2-c2ccncc2)CCN(C(=O)CC(C)C)C1. The fraction of sp³-hybridized carbons (Fsp3) is 0.435. The van der Waals surface area contributed by atoms with E-state index >= 15 is 0 Å². The zero-order valence-corrected chi connectivity index (χ0v) is 16.9. The molecule has 1 unspecified atom stereocenters. The lowest BCUT2D eigenvalue weighted by Crippen LogP contribution is -2.44. The van der Waals surface area contributed by atoms with Gasteiger partial charge in [0.1, 0.15) is 0 Å². The molecule has 1 atom stereocenters. The number of aromatic nitrogens is 1. The third-order valence-corrected chi connectivity index (χ3v) is 5.54. The summed E-state index contributed by atoms with van der Waals surface area (Å²) in [6.45, 7) is 5.20. The molecule has 28 heavy (non-hydrogen) atoms. The lowest BCUT2D eigenvalue weighted by Gasteiger charge is -2.29. The summed E-state index contributed by atoms with van der Waals surface area (Å²) in [5.74, 6) is 0.468. The highest BCUT2D eigenvalue weighted by atomic mass is 16.2. The lowest BCUT2D eigenvalue weighted by atomic mass is 9.78. The third-order valence-electron chi connectivity index (χ3n) is 5.54. The van der Waals surface area contributed by atoms with Crippen LogP contribution >= 0.6 is 0 Å². The Balaban J connectivity index is 1.90. The summed E-state index contributed by atoms with van der Waals surface area (Å²) in [5.41, 5.74) is 2.73. The molecule has 1 fully saturated rings. The monoisotopic (exact) mass is 379 g/mol. The van der Waals surface area contributed by atoms with Gasteiger partial charge < -0.3 is 10.2 Å². The van der Waals surface area contributed by atoms with Gasteiger partial charge in [0.15, 0.2) is 0 Å². The molecule has 1 aromatic carbocycles. The molecule has 148 valence electrons. The van der Waals surface area contributed by atoms with Crippen molar-refractivity contribution in [2.24, 2.45) is 11.3 Å². The molecular weight excluding hydrogens is 350 g/mol. The fourth-order valence-corrected chi connectivity index (χ4v) is 4.09. The van der Waals surface area contributed by atoms with Crippen molar-refractivity contribution in [2.75, 3.05) is 20.1 Å². The number of amides is 2. The number of pyridine rings is 1. The van der Waals surface area contributed by atoms with Crippen LogP contribution in [0.4, 0.5) is 0 Å². The van der Waals surface area contributed by atoms with Crippen molar-refractivity contribution in [3.05, 3.63) is 54.4 Å². The van der Waals surface area contributed by atoms with Gasteiger partial charge in [-0.05, 0) is 47.6 Å². The molecule has 0 aliphatic carbocycles. The van der Waals surface area contributed by atoms with Gasteiger partial charge in [-0.3, -0.25) is 14.6 Å². The Hall–Kier alpha value is -2.69. The standard InChI is InChI=1S/C23H29N3O2/c1-17(2)14-21(27)26-13-10-23(16-26,22(28)24-3)15-19-6-4-5-7-20(19)18-8-11-25-12-9-18/h4-9,11-12,17H,10,13-16H2,1-3H3,(H,24,28). The van der Waals surface area contributed by atoms with Crippen LogP contribution in [0.5, 0.6) is 0 Å². The van der Waals surface area contributed by atoms with Crippen molar-refractivity contribution < 1.29 is 9.59 Å². The van der Waals surface area contributed by atoms with E-state index in [0.717, 1.165) is 16.7 Å². The highest BCUT2D eigenvalue weighted by Gasteiger charge is 2.45. The maximum absolute atomic E-state index is 12.9. The molecule has 5 heteroatoms. The molecular formula is C23H29N3O2. The minimum atomic E-state index is -0.593. The first-order chi connectivity index (χ1) is 13.4. The van der Waals surface area contributed by atoms with Gasteiger partial charge in [0, 0.05) is 39.0 Å². The van der Waals surface area contributed by atoms with Crippen LogP contribution in [0.1, 0.15) is 32.3 Å². The Morgan fingerprint density at radius 3 is 2.57 bits per heavy atom. The van der Waals surface area contributed by atoms with Gasteiger partial charge in [-0.25, -0.2) is 0 Å². The number of benzene rings is 1. The minimum absolute atomic E-state index is 0.0110. The Labute approximate surface area is 167 Å². The highest BCUT2D eigenvalue weighted by molar-refractivity contribution is 5.86. The second kappa shape index (κ2) is 8.55. The summed E-state index contributed by atoms with van der Waals surface area (Å²) in [4.78, 5) is 31.5. The van der Waals surface area contributed by atoms with Gasteiger partial charge in [0.25, 0.3) is 0 Å². The zero-order valence-electron chi connectivity index (χ0n) is 16.9. The molecule has 0 radical (unpaired) electrons. The summed E-state index contributed by atoms with van der Waals surface area (Å²) in [6.07, 6.45) is 5.38. The van der Waals surface area contributed by atoms with Gasteiger partial charge in [-0.1, -0.05) is 38.1 Å². The Bertz CT molecular complexity index is 835. The molecule has 1 aliphatic rings. The number of likely N-dealkylation sites (tertiary alicyclic amines) is 1. The van der Waals surface area contributed by atoms with Crippen LogP contribution in [-0.2, 0) is 16.0 Å². The van der Waals surface area contributed by atoms with Crippen molar-refractivity contribution >= 4 is 11.8 Å². The summed E-state index contributed by atoms with van der Waals surface area (Å²) >= 11 is 0. The number of carbonyl (C=O) groups is 2. The summed E-state index contributed by atoms with van der Waals surface area (Å²) in [5, 5.41) is 2.84. The smallest absolute Gasteiger partial charge is 0.228 e. The Morgan fingerprint density at radius 1 is 1.18 bits per heavy atom. The molecule has 1 saturated heterocycles. The predicted octanol–water partition coefficient (Wildman–Crippen LogP) is 3.30. The number of hydrogen-bond donors (Lipinski definition) is 1. The molecule has 1 N–H and O–H groups in total. The summed E-state index contributed by atoms with van der Waals surface area (Å²) in [7, 11) is 1.68. The maximum Gasteiger partial charge on any atom is 0.228 e. The van der Waals surface area contributed by atoms with E-state index in [1.54, 1.807) is 19.4 Å². The fourth-order valence-electron chi connectivity index (χ4n) is 4.09. The van der Waals surface area contributed by atoms with Crippen LogP contribution in [0.25, 0.3) is 11.1 Å². The van der Waals surface area contributed by atoms with Crippen LogP contribution in [0.15, 0.2) is 48.8 Å². The van der Waals surface area contributed by atoms with E-state index in [2.05, 4.69) is 22.4 Å². The number of hydrogen-bond acceptors (Lipinski definition) is 3. The van der Waals surface area contributed by atoms with Crippen LogP contribution < -0.4 is 5.32 Å². The van der Waals surface area contributed by atoms with Crippen LogP contribution in [-0.4, -0.2) is 41.8 Å². The van der Waals surface area contributed by atoms with Gasteiger partial charge in [0.2, 0.25) is 11.8 Å². The highest BCUT2D eigenvalue weighted by Crippen LogP contribution is 2.37. The van der Waals surface area contributed by atoms with E-state index in [0.29, 0.717) is 38.3 Å². The van der Waals surface area contributed by atoms with Gasteiger partial charge in [0.05, 0.1) is 5.41 Å². The van der Waals surface area contributed by atoms with Crippen LogP contribution in [0.3, 0.4) is 0 Å². The lowest BCUT2D eigenvalue weighted by molar-refractivity contribution is -0.133. The number of nitrogens with zero attached hydrogens (tertiary/aromatic N) is 2. The third kappa shape index (κ3) is 4.24.